The molecular weight excluding hydrogens is 388 g/mol. The minimum atomic E-state index is 0.0565. The maximum Gasteiger partial charge on any atom is 0.225 e. The van der Waals surface area contributed by atoms with Crippen molar-refractivity contribution in [2.24, 2.45) is 0 Å². The summed E-state index contributed by atoms with van der Waals surface area (Å²) >= 11 is 7.02. The van der Waals surface area contributed by atoms with E-state index in [1.54, 1.807) is 19.0 Å². The molecule has 1 aromatic carbocycles. The summed E-state index contributed by atoms with van der Waals surface area (Å²) in [5.74, 6) is 0.790. The van der Waals surface area contributed by atoms with Crippen LogP contribution in [0.3, 0.4) is 0 Å². The molecule has 0 atom stereocenters. The number of ether oxygens (including phenoxy) is 1. The van der Waals surface area contributed by atoms with Gasteiger partial charge in [0.1, 0.15) is 5.75 Å². The van der Waals surface area contributed by atoms with Crippen LogP contribution in [-0.2, 0) is 11.3 Å². The molecule has 0 aromatic heterocycles. The quantitative estimate of drug-likeness (QED) is 0.754. The molecule has 0 aliphatic carbocycles. The summed E-state index contributed by atoms with van der Waals surface area (Å²) in [6.07, 6.45) is 0.366. The number of amides is 1. The van der Waals surface area contributed by atoms with Gasteiger partial charge in [-0.1, -0.05) is 6.92 Å². The molecule has 1 amide bonds. The number of rotatable bonds is 7. The molecule has 0 radical (unpaired) electrons. The van der Waals surface area contributed by atoms with E-state index >= 15 is 0 Å². The lowest BCUT2D eigenvalue weighted by molar-refractivity contribution is -0.129. The number of hydrogen-bond donors (Lipinski definition) is 1. The van der Waals surface area contributed by atoms with Crippen molar-refractivity contribution >= 4 is 37.8 Å². The van der Waals surface area contributed by atoms with Crippen molar-refractivity contribution in [1.29, 1.82) is 0 Å². The van der Waals surface area contributed by atoms with Gasteiger partial charge < -0.3 is 15.0 Å². The van der Waals surface area contributed by atoms with Gasteiger partial charge in [-0.2, -0.15) is 0 Å². The van der Waals surface area contributed by atoms with Gasteiger partial charge in [-0.3, -0.25) is 4.79 Å². The minimum absolute atomic E-state index is 0.0565. The molecule has 1 rings (SSSR count). The van der Waals surface area contributed by atoms with Crippen molar-refractivity contribution in [3.8, 4) is 5.75 Å². The normalized spacial score (nSPS) is 10.4. The Labute approximate surface area is 137 Å². The van der Waals surface area contributed by atoms with Crippen LogP contribution >= 0.6 is 31.9 Å². The first-order valence-electron chi connectivity index (χ1n) is 6.47. The van der Waals surface area contributed by atoms with Crippen LogP contribution in [0.5, 0.6) is 5.75 Å². The van der Waals surface area contributed by atoms with E-state index < -0.39 is 0 Å². The molecule has 0 aliphatic heterocycles. The summed E-state index contributed by atoms with van der Waals surface area (Å²) in [6.45, 7) is 4.18. The molecule has 1 N–H and O–H groups in total. The summed E-state index contributed by atoms with van der Waals surface area (Å²) in [5, 5.41) is 3.28. The van der Waals surface area contributed by atoms with Crippen molar-refractivity contribution in [1.82, 2.24) is 10.2 Å². The topological polar surface area (TPSA) is 41.6 Å². The molecule has 20 heavy (non-hydrogen) atoms. The first-order valence-corrected chi connectivity index (χ1v) is 8.05. The molecule has 4 nitrogen and oxygen atoms in total. The maximum atomic E-state index is 11.5. The summed E-state index contributed by atoms with van der Waals surface area (Å²) in [5.41, 5.74) is 1.17. The van der Waals surface area contributed by atoms with Crippen LogP contribution < -0.4 is 10.1 Å². The lowest BCUT2D eigenvalue weighted by atomic mass is 10.2. The molecule has 0 bridgehead atoms. The number of carbonyl (C=O) groups is 1. The van der Waals surface area contributed by atoms with Crippen LogP contribution in [0.4, 0.5) is 0 Å². The Morgan fingerprint density at radius 3 is 2.40 bits per heavy atom. The lowest BCUT2D eigenvalue weighted by Crippen LogP contribution is -2.23. The number of hydrogen-bond acceptors (Lipinski definition) is 3. The third-order valence-electron chi connectivity index (χ3n) is 2.70. The van der Waals surface area contributed by atoms with Crippen LogP contribution in [-0.4, -0.2) is 38.1 Å². The SMILES string of the molecule is CCNCc1cc(Br)c(OCCC(=O)N(C)C)c(Br)c1. The van der Waals surface area contributed by atoms with Gasteiger partial charge in [-0.25, -0.2) is 0 Å². The minimum Gasteiger partial charge on any atom is -0.491 e. The number of benzene rings is 1. The van der Waals surface area contributed by atoms with Crippen molar-refractivity contribution in [3.63, 3.8) is 0 Å². The number of nitrogens with zero attached hydrogens (tertiary/aromatic N) is 1. The number of nitrogens with one attached hydrogen (secondary N) is 1. The van der Waals surface area contributed by atoms with Crippen LogP contribution in [0.25, 0.3) is 0 Å². The Hall–Kier alpha value is -0.590. The van der Waals surface area contributed by atoms with Gasteiger partial charge in [-0.05, 0) is 56.1 Å². The standard InChI is InChI=1S/C14H20Br2N2O2/c1-4-17-9-10-7-11(15)14(12(16)8-10)20-6-5-13(19)18(2)3/h7-8,17H,4-6,9H2,1-3H3. The molecule has 1 aromatic rings. The second-order valence-electron chi connectivity index (χ2n) is 4.56. The summed E-state index contributed by atoms with van der Waals surface area (Å²) in [6, 6.07) is 4.05. The molecule has 0 aliphatic rings. The van der Waals surface area contributed by atoms with Crippen molar-refractivity contribution in [2.45, 2.75) is 19.9 Å². The zero-order valence-electron chi connectivity index (χ0n) is 12.0. The average Bonchev–Trinajstić information content (AvgIpc) is 2.39. The predicted molar refractivity (Wildman–Crippen MR) is 88.0 cm³/mol. The second kappa shape index (κ2) is 8.64. The van der Waals surface area contributed by atoms with Gasteiger partial charge in [0.25, 0.3) is 0 Å². The van der Waals surface area contributed by atoms with Crippen molar-refractivity contribution in [3.05, 3.63) is 26.6 Å². The van der Waals surface area contributed by atoms with Gasteiger partial charge in [0.15, 0.2) is 0 Å². The van der Waals surface area contributed by atoms with Crippen LogP contribution in [0, 0.1) is 0 Å². The summed E-state index contributed by atoms with van der Waals surface area (Å²) < 4.78 is 7.46. The largest absolute Gasteiger partial charge is 0.491 e. The highest BCUT2D eigenvalue weighted by Crippen LogP contribution is 2.34. The summed E-state index contributed by atoms with van der Waals surface area (Å²) in [4.78, 5) is 13.1. The van der Waals surface area contributed by atoms with Crippen molar-refractivity contribution < 1.29 is 9.53 Å². The molecule has 0 saturated heterocycles. The van der Waals surface area contributed by atoms with E-state index in [2.05, 4.69) is 44.1 Å². The van der Waals surface area contributed by atoms with Gasteiger partial charge in [0, 0.05) is 20.6 Å². The van der Waals surface area contributed by atoms with Gasteiger partial charge in [0.2, 0.25) is 5.91 Å². The Morgan fingerprint density at radius 1 is 1.30 bits per heavy atom. The van der Waals surface area contributed by atoms with Crippen LogP contribution in [0.2, 0.25) is 0 Å². The van der Waals surface area contributed by atoms with Gasteiger partial charge >= 0.3 is 0 Å². The van der Waals surface area contributed by atoms with E-state index in [0.717, 1.165) is 27.8 Å². The Morgan fingerprint density at radius 2 is 1.90 bits per heavy atom. The molecule has 0 heterocycles. The third kappa shape index (κ3) is 5.42. The average molecular weight is 408 g/mol. The molecule has 0 spiro atoms. The van der Waals surface area contributed by atoms with Gasteiger partial charge in [-0.15, -0.1) is 0 Å². The lowest BCUT2D eigenvalue weighted by Gasteiger charge is -2.14. The fourth-order valence-corrected chi connectivity index (χ4v) is 3.10. The fourth-order valence-electron chi connectivity index (χ4n) is 1.59. The fraction of sp³-hybridized carbons (Fsp3) is 0.500. The Kier molecular flexibility index (Phi) is 7.55. The maximum absolute atomic E-state index is 11.5. The first kappa shape index (κ1) is 17.5. The smallest absolute Gasteiger partial charge is 0.225 e. The van der Waals surface area contributed by atoms with Crippen molar-refractivity contribution in [2.75, 3.05) is 27.2 Å². The van der Waals surface area contributed by atoms with E-state index in [-0.39, 0.29) is 5.91 Å². The number of halogens is 2. The molecule has 0 fully saturated rings. The molecule has 112 valence electrons. The highest BCUT2D eigenvalue weighted by Gasteiger charge is 2.10. The highest BCUT2D eigenvalue weighted by molar-refractivity contribution is 9.11. The molecular formula is C14H20Br2N2O2. The van der Waals surface area contributed by atoms with E-state index in [1.165, 1.54) is 5.56 Å². The second-order valence-corrected chi connectivity index (χ2v) is 6.26. The van der Waals surface area contributed by atoms with Crippen LogP contribution in [0.15, 0.2) is 21.1 Å². The monoisotopic (exact) mass is 406 g/mol. The summed E-state index contributed by atoms with van der Waals surface area (Å²) in [7, 11) is 3.48. The molecule has 0 unspecified atom stereocenters. The third-order valence-corrected chi connectivity index (χ3v) is 3.88. The first-order chi connectivity index (χ1) is 9.45. The molecule has 6 heteroatoms. The van der Waals surface area contributed by atoms with Crippen LogP contribution in [0.1, 0.15) is 18.9 Å². The zero-order valence-corrected chi connectivity index (χ0v) is 15.2. The van der Waals surface area contributed by atoms with E-state index in [9.17, 15) is 4.79 Å². The van der Waals surface area contributed by atoms with E-state index in [0.29, 0.717) is 13.0 Å². The Balaban J connectivity index is 2.64. The van der Waals surface area contributed by atoms with E-state index in [4.69, 9.17) is 4.74 Å². The predicted octanol–water partition coefficient (Wildman–Crippen LogP) is 3.18. The van der Waals surface area contributed by atoms with E-state index in [1.807, 2.05) is 12.1 Å². The zero-order chi connectivity index (χ0) is 15.1. The molecule has 0 saturated carbocycles. The number of carbonyl (C=O) groups excluding carboxylic acids is 1. The highest BCUT2D eigenvalue weighted by atomic mass is 79.9. The van der Waals surface area contributed by atoms with Gasteiger partial charge in [0.05, 0.1) is 22.0 Å². The Bertz CT molecular complexity index is 441.